The summed E-state index contributed by atoms with van der Waals surface area (Å²) in [4.78, 5) is 13.9. The van der Waals surface area contributed by atoms with E-state index in [1.807, 2.05) is 6.07 Å². The number of carbonyl (C=O) groups is 1. The number of hydrogen-bond donors (Lipinski definition) is 1. The summed E-state index contributed by atoms with van der Waals surface area (Å²) in [6, 6.07) is 3.00. The minimum absolute atomic E-state index is 0.125. The lowest BCUT2D eigenvalue weighted by molar-refractivity contribution is -0.123. The Morgan fingerprint density at radius 3 is 2.87 bits per heavy atom. The van der Waals surface area contributed by atoms with Crippen LogP contribution in [0.2, 0.25) is 0 Å². The molecule has 1 heterocycles. The van der Waals surface area contributed by atoms with Crippen molar-refractivity contribution in [3.63, 3.8) is 0 Å². The van der Waals surface area contributed by atoms with Crippen LogP contribution in [0.25, 0.3) is 0 Å². The molecule has 2 atom stereocenters. The molecule has 1 saturated heterocycles. The molecule has 1 amide bonds. The fourth-order valence-electron chi connectivity index (χ4n) is 2.06. The second-order valence-electron chi connectivity index (χ2n) is 4.57. The highest BCUT2D eigenvalue weighted by Gasteiger charge is 2.35. The van der Waals surface area contributed by atoms with Crippen LogP contribution < -0.4 is 5.32 Å². The van der Waals surface area contributed by atoms with Gasteiger partial charge in [0.1, 0.15) is 5.92 Å². The summed E-state index contributed by atoms with van der Waals surface area (Å²) >= 11 is 0. The topological polar surface area (TPSA) is 56.1 Å². The van der Waals surface area contributed by atoms with Crippen molar-refractivity contribution in [3.05, 3.63) is 0 Å². The summed E-state index contributed by atoms with van der Waals surface area (Å²) in [5.41, 5.74) is 0. The molecule has 4 heteroatoms. The van der Waals surface area contributed by atoms with E-state index in [0.717, 1.165) is 25.6 Å². The van der Waals surface area contributed by atoms with Crippen molar-refractivity contribution < 1.29 is 4.79 Å². The van der Waals surface area contributed by atoms with Crippen LogP contribution in [0.5, 0.6) is 0 Å². The van der Waals surface area contributed by atoms with Crippen molar-refractivity contribution in [1.82, 2.24) is 10.2 Å². The van der Waals surface area contributed by atoms with Crippen LogP contribution in [0.15, 0.2) is 0 Å². The van der Waals surface area contributed by atoms with Gasteiger partial charge in [-0.2, -0.15) is 5.26 Å². The molecule has 2 fully saturated rings. The molecule has 4 nitrogen and oxygen atoms in total. The maximum absolute atomic E-state index is 11.5. The van der Waals surface area contributed by atoms with Gasteiger partial charge < -0.3 is 5.32 Å². The van der Waals surface area contributed by atoms with E-state index in [1.165, 1.54) is 12.8 Å². The minimum atomic E-state index is -0.528. The molecule has 0 aromatic carbocycles. The molecule has 2 unspecified atom stereocenters. The van der Waals surface area contributed by atoms with Crippen molar-refractivity contribution in [2.45, 2.75) is 38.3 Å². The summed E-state index contributed by atoms with van der Waals surface area (Å²) in [7, 11) is 0. The highest BCUT2D eigenvalue weighted by Crippen LogP contribution is 2.29. The molecule has 0 spiro atoms. The van der Waals surface area contributed by atoms with E-state index in [2.05, 4.69) is 10.2 Å². The lowest BCUT2D eigenvalue weighted by Crippen LogP contribution is -2.39. The van der Waals surface area contributed by atoms with E-state index in [-0.39, 0.29) is 11.9 Å². The molecule has 0 aromatic heterocycles. The van der Waals surface area contributed by atoms with Gasteiger partial charge in [-0.1, -0.05) is 0 Å². The number of nitriles is 1. The van der Waals surface area contributed by atoms with Crippen LogP contribution >= 0.6 is 0 Å². The molecule has 1 N–H and O–H groups in total. The normalized spacial score (nSPS) is 28.4. The van der Waals surface area contributed by atoms with Crippen molar-refractivity contribution in [2.24, 2.45) is 5.92 Å². The van der Waals surface area contributed by atoms with Gasteiger partial charge in [0.25, 0.3) is 0 Å². The van der Waals surface area contributed by atoms with Crippen LogP contribution in [0.4, 0.5) is 0 Å². The number of hydrogen-bond acceptors (Lipinski definition) is 3. The Balaban J connectivity index is 1.76. The van der Waals surface area contributed by atoms with Crippen LogP contribution in [0.1, 0.15) is 26.2 Å². The van der Waals surface area contributed by atoms with Crippen molar-refractivity contribution in [2.75, 3.05) is 13.1 Å². The van der Waals surface area contributed by atoms with Crippen molar-refractivity contribution >= 4 is 5.91 Å². The summed E-state index contributed by atoms with van der Waals surface area (Å²) in [6.07, 6.45) is 3.66. The second-order valence-corrected chi connectivity index (χ2v) is 4.57. The van der Waals surface area contributed by atoms with Gasteiger partial charge in [-0.05, 0) is 26.2 Å². The Morgan fingerprint density at radius 2 is 2.27 bits per heavy atom. The van der Waals surface area contributed by atoms with E-state index in [9.17, 15) is 4.79 Å². The Kier molecular flexibility index (Phi) is 2.92. The molecule has 2 rings (SSSR count). The zero-order chi connectivity index (χ0) is 10.8. The third kappa shape index (κ3) is 2.48. The number of rotatable bonds is 3. The van der Waals surface area contributed by atoms with Gasteiger partial charge in [0, 0.05) is 25.2 Å². The van der Waals surface area contributed by atoms with Gasteiger partial charge in [0.15, 0.2) is 0 Å². The number of nitrogens with one attached hydrogen (secondary N) is 1. The Bertz CT molecular complexity index is 293. The number of nitrogens with zero attached hydrogens (tertiary/aromatic N) is 2. The fraction of sp³-hybridized carbons (Fsp3) is 0.818. The summed E-state index contributed by atoms with van der Waals surface area (Å²) in [6.45, 7) is 3.70. The van der Waals surface area contributed by atoms with Gasteiger partial charge >= 0.3 is 0 Å². The van der Waals surface area contributed by atoms with E-state index < -0.39 is 5.92 Å². The summed E-state index contributed by atoms with van der Waals surface area (Å²) in [5.74, 6) is -0.653. The number of amides is 1. The molecule has 2 aliphatic rings. The van der Waals surface area contributed by atoms with E-state index in [1.54, 1.807) is 6.92 Å². The van der Waals surface area contributed by atoms with Gasteiger partial charge in [0.05, 0.1) is 6.07 Å². The van der Waals surface area contributed by atoms with E-state index in [0.29, 0.717) is 0 Å². The minimum Gasteiger partial charge on any atom is -0.351 e. The average molecular weight is 207 g/mol. The molecule has 0 aromatic rings. The molecule has 82 valence electrons. The molecule has 1 aliphatic heterocycles. The summed E-state index contributed by atoms with van der Waals surface area (Å²) in [5, 5.41) is 11.5. The van der Waals surface area contributed by atoms with Crippen LogP contribution in [-0.4, -0.2) is 36.0 Å². The van der Waals surface area contributed by atoms with Gasteiger partial charge in [-0.15, -0.1) is 0 Å². The lowest BCUT2D eigenvalue weighted by atomic mass is 10.1. The van der Waals surface area contributed by atoms with Crippen LogP contribution in [-0.2, 0) is 4.79 Å². The Morgan fingerprint density at radius 1 is 1.53 bits per heavy atom. The zero-order valence-electron chi connectivity index (χ0n) is 9.07. The van der Waals surface area contributed by atoms with Crippen molar-refractivity contribution in [3.8, 4) is 6.07 Å². The molecular formula is C11H17N3O. The quantitative estimate of drug-likeness (QED) is 0.733. The van der Waals surface area contributed by atoms with Gasteiger partial charge in [0.2, 0.25) is 5.91 Å². The highest BCUT2D eigenvalue weighted by molar-refractivity contribution is 5.80. The maximum atomic E-state index is 11.5. The third-order valence-corrected chi connectivity index (χ3v) is 3.22. The first-order valence-corrected chi connectivity index (χ1v) is 5.64. The molecule has 15 heavy (non-hydrogen) atoms. The summed E-state index contributed by atoms with van der Waals surface area (Å²) < 4.78 is 0. The maximum Gasteiger partial charge on any atom is 0.237 e. The standard InChI is InChI=1S/C11H17N3O/c1-8(6-12)11(15)13-9-4-5-14(7-9)10-2-3-10/h8-10H,2-5,7H2,1H3,(H,13,15). The van der Waals surface area contributed by atoms with Gasteiger partial charge in [-0.3, -0.25) is 9.69 Å². The Hall–Kier alpha value is -1.08. The molecule has 0 radical (unpaired) electrons. The zero-order valence-corrected chi connectivity index (χ0v) is 9.07. The largest absolute Gasteiger partial charge is 0.351 e. The fourth-order valence-corrected chi connectivity index (χ4v) is 2.06. The first kappa shape index (κ1) is 10.4. The van der Waals surface area contributed by atoms with E-state index in [4.69, 9.17) is 5.26 Å². The SMILES string of the molecule is CC(C#N)C(=O)NC1CCN(C2CC2)C1. The first-order valence-electron chi connectivity index (χ1n) is 5.64. The van der Waals surface area contributed by atoms with Gasteiger partial charge in [-0.25, -0.2) is 0 Å². The van der Waals surface area contributed by atoms with Crippen molar-refractivity contribution in [1.29, 1.82) is 5.26 Å². The lowest BCUT2D eigenvalue weighted by Gasteiger charge is -2.16. The monoisotopic (exact) mass is 207 g/mol. The Labute approximate surface area is 90.2 Å². The average Bonchev–Trinajstić information content (AvgIpc) is 2.99. The molecule has 0 bridgehead atoms. The second kappa shape index (κ2) is 4.19. The predicted octanol–water partition coefficient (Wildman–Crippen LogP) is 0.499. The first-order chi connectivity index (χ1) is 7.20. The molecule has 1 aliphatic carbocycles. The molecular weight excluding hydrogens is 190 g/mol. The van der Waals surface area contributed by atoms with Crippen LogP contribution in [0, 0.1) is 17.2 Å². The van der Waals surface area contributed by atoms with E-state index >= 15 is 0 Å². The number of carbonyl (C=O) groups excluding carboxylic acids is 1. The smallest absolute Gasteiger partial charge is 0.237 e. The third-order valence-electron chi connectivity index (χ3n) is 3.22. The van der Waals surface area contributed by atoms with Crippen LogP contribution in [0.3, 0.4) is 0 Å². The molecule has 1 saturated carbocycles. The number of likely N-dealkylation sites (tertiary alicyclic amines) is 1. The predicted molar refractivity (Wildman–Crippen MR) is 55.9 cm³/mol. The highest BCUT2D eigenvalue weighted by atomic mass is 16.1.